The van der Waals surface area contributed by atoms with Gasteiger partial charge in [-0.25, -0.2) is 8.78 Å². The Morgan fingerprint density at radius 1 is 1.20 bits per heavy atom. The van der Waals surface area contributed by atoms with Crippen LogP contribution in [0, 0.1) is 0 Å². The molecule has 1 aliphatic heterocycles. The second-order valence-electron chi connectivity index (χ2n) is 5.22. The van der Waals surface area contributed by atoms with Crippen LogP contribution in [0.2, 0.25) is 5.02 Å². The number of hydrogen-bond acceptors (Lipinski definition) is 1. The number of alkyl halides is 2. The van der Waals surface area contributed by atoms with Gasteiger partial charge in [-0.05, 0) is 30.5 Å². The standard InChI is InChI=1S/C15H18ClF2NO/c16-13-6-4-12(5-7-13)2-1-3-14(20)19-10-8-15(17,18)9-11-19/h4-7H,1-3,8-11H2. The third-order valence-corrected chi connectivity index (χ3v) is 3.87. The van der Waals surface area contributed by atoms with Crippen LogP contribution in [0.25, 0.3) is 0 Å². The number of likely N-dealkylation sites (tertiary alicyclic amines) is 1. The van der Waals surface area contributed by atoms with Gasteiger partial charge in [-0.1, -0.05) is 23.7 Å². The molecule has 0 unspecified atom stereocenters. The number of carbonyl (C=O) groups excluding carboxylic acids is 1. The first-order valence-corrected chi connectivity index (χ1v) is 7.24. The second-order valence-corrected chi connectivity index (χ2v) is 5.65. The second kappa shape index (κ2) is 6.53. The van der Waals surface area contributed by atoms with Crippen molar-refractivity contribution in [3.8, 4) is 0 Å². The van der Waals surface area contributed by atoms with Crippen molar-refractivity contribution in [1.29, 1.82) is 0 Å². The quantitative estimate of drug-likeness (QED) is 0.825. The average Bonchev–Trinajstić information content (AvgIpc) is 2.41. The van der Waals surface area contributed by atoms with E-state index in [1.54, 1.807) is 4.90 Å². The Hall–Kier alpha value is -1.16. The van der Waals surface area contributed by atoms with Gasteiger partial charge < -0.3 is 4.90 Å². The summed E-state index contributed by atoms with van der Waals surface area (Å²) < 4.78 is 26.0. The molecule has 0 radical (unpaired) electrons. The van der Waals surface area contributed by atoms with Gasteiger partial charge in [0, 0.05) is 37.4 Å². The molecular formula is C15H18ClF2NO. The maximum absolute atomic E-state index is 13.0. The van der Waals surface area contributed by atoms with Crippen LogP contribution in [-0.4, -0.2) is 29.8 Å². The number of aryl methyl sites for hydroxylation is 1. The molecule has 2 rings (SSSR count). The normalized spacial score (nSPS) is 18.1. The van der Waals surface area contributed by atoms with Gasteiger partial charge in [0.15, 0.2) is 0 Å². The molecular weight excluding hydrogens is 284 g/mol. The lowest BCUT2D eigenvalue weighted by Crippen LogP contribution is -2.42. The molecule has 1 aromatic carbocycles. The molecule has 1 aromatic rings. The molecule has 110 valence electrons. The Morgan fingerprint density at radius 2 is 1.80 bits per heavy atom. The molecule has 0 aliphatic carbocycles. The predicted octanol–water partition coefficient (Wildman–Crippen LogP) is 3.92. The van der Waals surface area contributed by atoms with E-state index in [2.05, 4.69) is 0 Å². The topological polar surface area (TPSA) is 20.3 Å². The van der Waals surface area contributed by atoms with Gasteiger partial charge in [-0.15, -0.1) is 0 Å². The minimum atomic E-state index is -2.60. The van der Waals surface area contributed by atoms with Gasteiger partial charge >= 0.3 is 0 Å². The SMILES string of the molecule is O=C(CCCc1ccc(Cl)cc1)N1CCC(F)(F)CC1. The number of nitrogens with zero attached hydrogens (tertiary/aromatic N) is 1. The van der Waals surface area contributed by atoms with E-state index in [0.29, 0.717) is 11.4 Å². The molecule has 1 aliphatic rings. The minimum absolute atomic E-state index is 0.0190. The van der Waals surface area contributed by atoms with Crippen LogP contribution < -0.4 is 0 Å². The van der Waals surface area contributed by atoms with Crippen molar-refractivity contribution in [2.45, 2.75) is 38.0 Å². The summed E-state index contributed by atoms with van der Waals surface area (Å²) in [6, 6.07) is 7.53. The molecule has 0 atom stereocenters. The maximum atomic E-state index is 13.0. The third kappa shape index (κ3) is 4.44. The van der Waals surface area contributed by atoms with Crippen LogP contribution in [0.5, 0.6) is 0 Å². The first-order valence-electron chi connectivity index (χ1n) is 6.86. The highest BCUT2D eigenvalue weighted by atomic mass is 35.5. The summed E-state index contributed by atoms with van der Waals surface area (Å²) in [5.41, 5.74) is 1.13. The fraction of sp³-hybridized carbons (Fsp3) is 0.533. The zero-order valence-electron chi connectivity index (χ0n) is 11.2. The highest BCUT2D eigenvalue weighted by molar-refractivity contribution is 6.30. The van der Waals surface area contributed by atoms with E-state index in [9.17, 15) is 13.6 Å². The smallest absolute Gasteiger partial charge is 0.251 e. The van der Waals surface area contributed by atoms with Crippen molar-refractivity contribution in [2.24, 2.45) is 0 Å². The van der Waals surface area contributed by atoms with Gasteiger partial charge in [-0.3, -0.25) is 4.79 Å². The number of amides is 1. The molecule has 20 heavy (non-hydrogen) atoms. The average molecular weight is 302 g/mol. The summed E-state index contributed by atoms with van der Waals surface area (Å²) in [5, 5.41) is 0.694. The lowest BCUT2D eigenvalue weighted by Gasteiger charge is -2.31. The van der Waals surface area contributed by atoms with Gasteiger partial charge in [0.1, 0.15) is 0 Å². The van der Waals surface area contributed by atoms with E-state index in [1.165, 1.54) is 0 Å². The number of rotatable bonds is 4. The Bertz CT molecular complexity index is 451. The predicted molar refractivity (Wildman–Crippen MR) is 75.2 cm³/mol. The maximum Gasteiger partial charge on any atom is 0.251 e. The lowest BCUT2D eigenvalue weighted by molar-refractivity contribution is -0.137. The molecule has 0 N–H and O–H groups in total. The zero-order chi connectivity index (χ0) is 14.6. The summed E-state index contributed by atoms with van der Waals surface area (Å²) >= 11 is 5.80. The number of halogens is 3. The van der Waals surface area contributed by atoms with E-state index in [-0.39, 0.29) is 31.8 Å². The minimum Gasteiger partial charge on any atom is -0.342 e. The van der Waals surface area contributed by atoms with Gasteiger partial charge in [0.2, 0.25) is 5.91 Å². The first kappa shape index (κ1) is 15.2. The van der Waals surface area contributed by atoms with Crippen molar-refractivity contribution >= 4 is 17.5 Å². The van der Waals surface area contributed by atoms with E-state index in [0.717, 1.165) is 18.4 Å². The number of benzene rings is 1. The molecule has 1 saturated heterocycles. The van der Waals surface area contributed by atoms with Crippen LogP contribution in [-0.2, 0) is 11.2 Å². The Balaban J connectivity index is 1.71. The van der Waals surface area contributed by atoms with E-state index in [1.807, 2.05) is 24.3 Å². The Kier molecular flexibility index (Phi) is 4.97. The molecule has 0 aromatic heterocycles. The van der Waals surface area contributed by atoms with Crippen LogP contribution in [0.4, 0.5) is 8.78 Å². The molecule has 5 heteroatoms. The van der Waals surface area contributed by atoms with Crippen LogP contribution in [0.15, 0.2) is 24.3 Å². The van der Waals surface area contributed by atoms with E-state index in [4.69, 9.17) is 11.6 Å². The summed E-state index contributed by atoms with van der Waals surface area (Å²) in [4.78, 5) is 13.5. The molecule has 2 nitrogen and oxygen atoms in total. The van der Waals surface area contributed by atoms with Crippen LogP contribution >= 0.6 is 11.6 Å². The molecule has 1 amide bonds. The number of hydrogen-bond donors (Lipinski definition) is 0. The molecule has 1 heterocycles. The highest BCUT2D eigenvalue weighted by Crippen LogP contribution is 2.28. The summed E-state index contributed by atoms with van der Waals surface area (Å²) in [6.07, 6.45) is 1.51. The van der Waals surface area contributed by atoms with Gasteiger partial charge in [0.05, 0.1) is 0 Å². The Morgan fingerprint density at radius 3 is 2.40 bits per heavy atom. The van der Waals surface area contributed by atoms with Gasteiger partial charge in [0.25, 0.3) is 5.92 Å². The van der Waals surface area contributed by atoms with Gasteiger partial charge in [-0.2, -0.15) is 0 Å². The highest BCUT2D eigenvalue weighted by Gasteiger charge is 2.35. The number of piperidine rings is 1. The van der Waals surface area contributed by atoms with Crippen molar-refractivity contribution in [3.05, 3.63) is 34.9 Å². The first-order chi connectivity index (χ1) is 9.46. The van der Waals surface area contributed by atoms with Crippen molar-refractivity contribution in [3.63, 3.8) is 0 Å². The lowest BCUT2D eigenvalue weighted by atomic mass is 10.0. The van der Waals surface area contributed by atoms with Crippen molar-refractivity contribution in [1.82, 2.24) is 4.90 Å². The van der Waals surface area contributed by atoms with E-state index >= 15 is 0 Å². The molecule has 0 saturated carbocycles. The largest absolute Gasteiger partial charge is 0.342 e. The molecule has 0 spiro atoms. The monoisotopic (exact) mass is 301 g/mol. The summed E-state index contributed by atoms with van der Waals surface area (Å²) in [7, 11) is 0. The third-order valence-electron chi connectivity index (χ3n) is 3.62. The van der Waals surface area contributed by atoms with Crippen molar-refractivity contribution in [2.75, 3.05) is 13.1 Å². The Labute approximate surface area is 122 Å². The van der Waals surface area contributed by atoms with Crippen LogP contribution in [0.1, 0.15) is 31.2 Å². The molecule has 1 fully saturated rings. The summed E-state index contributed by atoms with van der Waals surface area (Å²) in [6.45, 7) is 0.347. The van der Waals surface area contributed by atoms with Crippen LogP contribution in [0.3, 0.4) is 0 Å². The fourth-order valence-electron chi connectivity index (χ4n) is 2.34. The van der Waals surface area contributed by atoms with Crippen molar-refractivity contribution < 1.29 is 13.6 Å². The van der Waals surface area contributed by atoms with E-state index < -0.39 is 5.92 Å². The molecule has 0 bridgehead atoms. The zero-order valence-corrected chi connectivity index (χ0v) is 12.0. The summed E-state index contributed by atoms with van der Waals surface area (Å²) in [5.74, 6) is -2.62. The fourth-order valence-corrected chi connectivity index (χ4v) is 2.46. The number of carbonyl (C=O) groups is 1.